The number of ether oxygens (including phenoxy) is 2. The van der Waals surface area contributed by atoms with Gasteiger partial charge in [0.05, 0.1) is 20.6 Å². The Morgan fingerprint density at radius 3 is 2.55 bits per heavy atom. The number of hydrogen-bond donors (Lipinski definition) is 1. The molecular weight excluding hydrogens is 280 g/mol. The minimum Gasteiger partial charge on any atom is -0.493 e. The van der Waals surface area contributed by atoms with E-state index in [9.17, 15) is 4.79 Å². The minimum absolute atomic E-state index is 0.0183. The highest BCUT2D eigenvalue weighted by molar-refractivity contribution is 5.78. The first-order valence-electron chi connectivity index (χ1n) is 7.69. The molecule has 0 spiro atoms. The van der Waals surface area contributed by atoms with Gasteiger partial charge in [0.25, 0.3) is 0 Å². The van der Waals surface area contributed by atoms with E-state index in [0.717, 1.165) is 18.5 Å². The Morgan fingerprint density at radius 2 is 1.95 bits per heavy atom. The van der Waals surface area contributed by atoms with Crippen LogP contribution in [0.15, 0.2) is 18.2 Å². The van der Waals surface area contributed by atoms with Crippen molar-refractivity contribution in [2.24, 2.45) is 0 Å². The summed E-state index contributed by atoms with van der Waals surface area (Å²) in [5.41, 5.74) is 0.908. The molecule has 0 saturated heterocycles. The Balaban J connectivity index is 2.45. The van der Waals surface area contributed by atoms with Crippen LogP contribution in [0.2, 0.25) is 0 Å². The molecule has 1 N–H and O–H groups in total. The Bertz CT molecular complexity index is 477. The van der Waals surface area contributed by atoms with Crippen molar-refractivity contribution < 1.29 is 14.3 Å². The predicted molar refractivity (Wildman–Crippen MR) is 88.6 cm³/mol. The summed E-state index contributed by atoms with van der Waals surface area (Å²) in [5, 5.41) is 2.95. The number of carbonyl (C=O) groups is 1. The molecule has 0 aliphatic heterocycles. The fourth-order valence-corrected chi connectivity index (χ4v) is 2.14. The van der Waals surface area contributed by atoms with Crippen molar-refractivity contribution in [2.45, 2.75) is 32.7 Å². The van der Waals surface area contributed by atoms with Gasteiger partial charge in [0, 0.05) is 19.1 Å². The fourth-order valence-electron chi connectivity index (χ4n) is 2.14. The maximum Gasteiger partial charge on any atom is 0.224 e. The fraction of sp³-hybridized carbons (Fsp3) is 0.588. The Hall–Kier alpha value is -1.75. The van der Waals surface area contributed by atoms with Crippen LogP contribution in [-0.2, 0) is 11.2 Å². The van der Waals surface area contributed by atoms with Gasteiger partial charge < -0.3 is 19.7 Å². The lowest BCUT2D eigenvalue weighted by Crippen LogP contribution is -2.37. The second kappa shape index (κ2) is 9.30. The number of likely N-dealkylation sites (N-methyl/N-ethyl adjacent to an activating group) is 1. The summed E-state index contributed by atoms with van der Waals surface area (Å²) in [6.45, 7) is 5.86. The molecule has 124 valence electrons. The zero-order valence-electron chi connectivity index (χ0n) is 14.3. The van der Waals surface area contributed by atoms with Crippen LogP contribution < -0.4 is 14.8 Å². The third kappa shape index (κ3) is 5.56. The molecule has 0 bridgehead atoms. The highest BCUT2D eigenvalue weighted by atomic mass is 16.5. The molecule has 5 heteroatoms. The van der Waals surface area contributed by atoms with Gasteiger partial charge in [-0.3, -0.25) is 4.79 Å². The third-order valence-electron chi connectivity index (χ3n) is 3.94. The van der Waals surface area contributed by atoms with Gasteiger partial charge in [0.1, 0.15) is 0 Å². The lowest BCUT2D eigenvalue weighted by atomic mass is 10.1. The van der Waals surface area contributed by atoms with E-state index in [-0.39, 0.29) is 5.91 Å². The number of methoxy groups -OCH3 is 2. The van der Waals surface area contributed by atoms with Crippen molar-refractivity contribution in [3.63, 3.8) is 0 Å². The summed E-state index contributed by atoms with van der Waals surface area (Å²) in [6.07, 6.45) is 1.45. The first-order valence-corrected chi connectivity index (χ1v) is 7.69. The molecule has 0 unspecified atom stereocenters. The lowest BCUT2D eigenvalue weighted by Gasteiger charge is -2.23. The summed E-state index contributed by atoms with van der Waals surface area (Å²) < 4.78 is 10.4. The van der Waals surface area contributed by atoms with E-state index in [0.29, 0.717) is 30.5 Å². The molecule has 1 amide bonds. The molecule has 0 aliphatic rings. The molecular formula is C17H28N2O3. The molecule has 1 atom stereocenters. The maximum absolute atomic E-state index is 12.0. The molecule has 0 aliphatic carbocycles. The van der Waals surface area contributed by atoms with Crippen LogP contribution in [0.4, 0.5) is 0 Å². The SMILES string of the molecule is CC[C@@H](C)N(C)CCNC(=O)Cc1ccc(OC)c(OC)c1. The van der Waals surface area contributed by atoms with Crippen LogP contribution in [-0.4, -0.2) is 51.2 Å². The highest BCUT2D eigenvalue weighted by Crippen LogP contribution is 2.27. The number of benzene rings is 1. The quantitative estimate of drug-likeness (QED) is 0.759. The Labute approximate surface area is 133 Å². The molecule has 22 heavy (non-hydrogen) atoms. The van der Waals surface area contributed by atoms with Crippen LogP contribution in [0, 0.1) is 0 Å². The molecule has 1 aromatic carbocycles. The van der Waals surface area contributed by atoms with Gasteiger partial charge in [-0.15, -0.1) is 0 Å². The van der Waals surface area contributed by atoms with Crippen LogP contribution in [0.5, 0.6) is 11.5 Å². The third-order valence-corrected chi connectivity index (χ3v) is 3.94. The molecule has 0 heterocycles. The average Bonchev–Trinajstić information content (AvgIpc) is 2.53. The van der Waals surface area contributed by atoms with Crippen molar-refractivity contribution >= 4 is 5.91 Å². The van der Waals surface area contributed by atoms with E-state index < -0.39 is 0 Å². The number of nitrogens with zero attached hydrogens (tertiary/aromatic N) is 1. The second-order valence-corrected chi connectivity index (χ2v) is 5.45. The summed E-state index contributed by atoms with van der Waals surface area (Å²) in [6, 6.07) is 6.07. The molecule has 5 nitrogen and oxygen atoms in total. The lowest BCUT2D eigenvalue weighted by molar-refractivity contribution is -0.120. The van der Waals surface area contributed by atoms with Gasteiger partial charge in [-0.1, -0.05) is 13.0 Å². The Kier molecular flexibility index (Phi) is 7.74. The molecule has 0 saturated carbocycles. The van der Waals surface area contributed by atoms with Crippen LogP contribution in [0.25, 0.3) is 0 Å². The Morgan fingerprint density at radius 1 is 1.27 bits per heavy atom. The normalized spacial score (nSPS) is 12.1. The molecule has 1 rings (SSSR count). The predicted octanol–water partition coefficient (Wildman–Crippen LogP) is 2.09. The summed E-state index contributed by atoms with van der Waals surface area (Å²) in [4.78, 5) is 14.2. The standard InChI is InChI=1S/C17H28N2O3/c1-6-13(2)19(3)10-9-18-17(20)12-14-7-8-15(21-4)16(11-14)22-5/h7-8,11,13H,6,9-10,12H2,1-5H3,(H,18,20)/t13-/m1/s1. The summed E-state index contributed by atoms with van der Waals surface area (Å²) in [5.74, 6) is 1.33. The zero-order chi connectivity index (χ0) is 16.5. The van der Waals surface area contributed by atoms with E-state index in [1.54, 1.807) is 14.2 Å². The van der Waals surface area contributed by atoms with Crippen molar-refractivity contribution in [1.29, 1.82) is 0 Å². The second-order valence-electron chi connectivity index (χ2n) is 5.45. The number of hydrogen-bond acceptors (Lipinski definition) is 4. The van der Waals surface area contributed by atoms with Crippen molar-refractivity contribution in [1.82, 2.24) is 10.2 Å². The van der Waals surface area contributed by atoms with Crippen molar-refractivity contribution in [3.8, 4) is 11.5 Å². The monoisotopic (exact) mass is 308 g/mol. The van der Waals surface area contributed by atoms with Gasteiger partial charge in [0.15, 0.2) is 11.5 Å². The van der Waals surface area contributed by atoms with E-state index in [1.165, 1.54) is 0 Å². The van der Waals surface area contributed by atoms with E-state index in [2.05, 4.69) is 31.1 Å². The highest BCUT2D eigenvalue weighted by Gasteiger charge is 2.09. The smallest absolute Gasteiger partial charge is 0.224 e. The minimum atomic E-state index is 0.0183. The zero-order valence-corrected chi connectivity index (χ0v) is 14.3. The van der Waals surface area contributed by atoms with E-state index >= 15 is 0 Å². The number of nitrogens with one attached hydrogen (secondary N) is 1. The first kappa shape index (κ1) is 18.3. The van der Waals surface area contributed by atoms with Gasteiger partial charge in [-0.2, -0.15) is 0 Å². The van der Waals surface area contributed by atoms with Crippen LogP contribution in [0.3, 0.4) is 0 Å². The molecule has 1 aromatic rings. The molecule has 0 aromatic heterocycles. The van der Waals surface area contributed by atoms with Crippen LogP contribution in [0.1, 0.15) is 25.8 Å². The van der Waals surface area contributed by atoms with Crippen LogP contribution >= 0.6 is 0 Å². The first-order chi connectivity index (χ1) is 10.5. The van der Waals surface area contributed by atoms with Crippen molar-refractivity contribution in [3.05, 3.63) is 23.8 Å². The summed E-state index contributed by atoms with van der Waals surface area (Å²) >= 11 is 0. The number of rotatable bonds is 9. The number of amides is 1. The largest absolute Gasteiger partial charge is 0.493 e. The van der Waals surface area contributed by atoms with Gasteiger partial charge in [0.2, 0.25) is 5.91 Å². The average molecular weight is 308 g/mol. The summed E-state index contributed by atoms with van der Waals surface area (Å²) in [7, 11) is 5.26. The van der Waals surface area contributed by atoms with E-state index in [1.807, 2.05) is 18.2 Å². The maximum atomic E-state index is 12.0. The molecule has 0 radical (unpaired) electrons. The molecule has 0 fully saturated rings. The van der Waals surface area contributed by atoms with Gasteiger partial charge in [-0.05, 0) is 38.1 Å². The van der Waals surface area contributed by atoms with Gasteiger partial charge >= 0.3 is 0 Å². The van der Waals surface area contributed by atoms with Gasteiger partial charge in [-0.25, -0.2) is 0 Å². The number of carbonyl (C=O) groups excluding carboxylic acids is 1. The van der Waals surface area contributed by atoms with Crippen molar-refractivity contribution in [2.75, 3.05) is 34.4 Å². The topological polar surface area (TPSA) is 50.8 Å². The van der Waals surface area contributed by atoms with E-state index in [4.69, 9.17) is 9.47 Å².